The number of carbonyl (C=O) groups is 1. The minimum absolute atomic E-state index is 0.245. The van der Waals surface area contributed by atoms with E-state index in [0.29, 0.717) is 30.9 Å². The zero-order valence-electron chi connectivity index (χ0n) is 15.1. The number of halogens is 3. The molecular weight excluding hydrogens is 499 g/mol. The number of hydrogen-bond donors (Lipinski definition) is 1. The third-order valence-corrected chi connectivity index (χ3v) is 5.81. The van der Waals surface area contributed by atoms with Gasteiger partial charge in [-0.25, -0.2) is 5.43 Å². The number of nitrogens with zero attached hydrogens (tertiary/aromatic N) is 1. The first-order valence-electron chi connectivity index (χ1n) is 8.29. The Labute approximate surface area is 190 Å². The second-order valence-corrected chi connectivity index (χ2v) is 8.38. The minimum atomic E-state index is -0.262. The van der Waals surface area contributed by atoms with Gasteiger partial charge >= 0.3 is 0 Å². The minimum Gasteiger partial charge on any atom is -0.493 e. The molecule has 0 bridgehead atoms. The molecule has 9 heteroatoms. The van der Waals surface area contributed by atoms with Crippen LogP contribution in [-0.2, 0) is 6.61 Å². The molecule has 0 radical (unpaired) electrons. The van der Waals surface area contributed by atoms with Gasteiger partial charge in [0.1, 0.15) is 6.61 Å². The first kappa shape index (κ1) is 21.6. The van der Waals surface area contributed by atoms with E-state index in [4.69, 9.17) is 32.7 Å². The first-order valence-corrected chi connectivity index (χ1v) is 10.7. The van der Waals surface area contributed by atoms with Crippen molar-refractivity contribution in [2.24, 2.45) is 5.10 Å². The van der Waals surface area contributed by atoms with Crippen LogP contribution in [0.15, 0.2) is 57.4 Å². The van der Waals surface area contributed by atoms with Gasteiger partial charge in [-0.15, -0.1) is 11.3 Å². The van der Waals surface area contributed by atoms with Crippen molar-refractivity contribution in [3.05, 3.63) is 78.4 Å². The maximum absolute atomic E-state index is 11.9. The molecule has 0 spiro atoms. The van der Waals surface area contributed by atoms with Crippen LogP contribution in [0.1, 0.15) is 20.8 Å². The summed E-state index contributed by atoms with van der Waals surface area (Å²) < 4.78 is 12.0. The van der Waals surface area contributed by atoms with Crippen molar-refractivity contribution in [1.82, 2.24) is 5.43 Å². The molecule has 0 atom stereocenters. The van der Waals surface area contributed by atoms with Crippen molar-refractivity contribution in [2.75, 3.05) is 7.11 Å². The van der Waals surface area contributed by atoms with Gasteiger partial charge in [0.25, 0.3) is 5.91 Å². The van der Waals surface area contributed by atoms with E-state index in [1.807, 2.05) is 17.5 Å². The van der Waals surface area contributed by atoms with E-state index in [-0.39, 0.29) is 12.5 Å². The number of rotatable bonds is 7. The highest BCUT2D eigenvalue weighted by molar-refractivity contribution is 9.10. The molecule has 2 aromatic carbocycles. The van der Waals surface area contributed by atoms with Crippen LogP contribution in [0, 0.1) is 0 Å². The molecule has 3 aromatic rings. The maximum atomic E-state index is 11.9. The first-order chi connectivity index (χ1) is 14.0. The lowest BCUT2D eigenvalue weighted by molar-refractivity contribution is 0.0959. The summed E-state index contributed by atoms with van der Waals surface area (Å²) in [7, 11) is 1.55. The summed E-state index contributed by atoms with van der Waals surface area (Å²) >= 11 is 17.0. The third-order valence-electron chi connectivity index (χ3n) is 3.76. The van der Waals surface area contributed by atoms with Crippen molar-refractivity contribution >= 4 is 62.6 Å². The predicted octanol–water partition coefficient (Wildman–Crippen LogP) is 6.17. The molecule has 0 aliphatic carbocycles. The second kappa shape index (κ2) is 10.1. The molecule has 1 N–H and O–H groups in total. The SMILES string of the molecule is COc1cc(/C=N/NC(=O)c2cccs2)cc(Br)c1OCc1ccc(Cl)cc1Cl. The summed E-state index contributed by atoms with van der Waals surface area (Å²) in [6.07, 6.45) is 1.53. The number of thiophene rings is 1. The molecule has 1 amide bonds. The molecule has 150 valence electrons. The summed E-state index contributed by atoms with van der Waals surface area (Å²) in [4.78, 5) is 12.5. The van der Waals surface area contributed by atoms with E-state index in [9.17, 15) is 4.79 Å². The molecule has 0 fully saturated rings. The maximum Gasteiger partial charge on any atom is 0.281 e. The van der Waals surface area contributed by atoms with E-state index < -0.39 is 0 Å². The van der Waals surface area contributed by atoms with Crippen LogP contribution >= 0.6 is 50.5 Å². The van der Waals surface area contributed by atoms with Crippen LogP contribution in [-0.4, -0.2) is 19.2 Å². The van der Waals surface area contributed by atoms with Crippen LogP contribution in [0.3, 0.4) is 0 Å². The topological polar surface area (TPSA) is 59.9 Å². The highest BCUT2D eigenvalue weighted by Crippen LogP contribution is 2.37. The van der Waals surface area contributed by atoms with E-state index in [1.165, 1.54) is 17.6 Å². The number of hydrazone groups is 1. The fourth-order valence-electron chi connectivity index (χ4n) is 2.37. The van der Waals surface area contributed by atoms with E-state index >= 15 is 0 Å². The smallest absolute Gasteiger partial charge is 0.281 e. The Balaban J connectivity index is 1.71. The Morgan fingerprint density at radius 2 is 2.10 bits per heavy atom. The molecule has 29 heavy (non-hydrogen) atoms. The summed E-state index contributed by atoms with van der Waals surface area (Å²) in [6.45, 7) is 0.245. The lowest BCUT2D eigenvalue weighted by Gasteiger charge is -2.14. The van der Waals surface area contributed by atoms with Gasteiger partial charge in [0.05, 0.1) is 22.7 Å². The van der Waals surface area contributed by atoms with Gasteiger partial charge in [-0.2, -0.15) is 5.10 Å². The standard InChI is InChI=1S/C20H15BrCl2N2O3S/c1-27-17-8-12(10-24-25-20(26)18-3-2-6-29-18)7-15(21)19(17)28-11-13-4-5-14(22)9-16(13)23/h2-10H,11H2,1H3,(H,25,26)/b24-10+. The van der Waals surface area contributed by atoms with Gasteiger partial charge in [0.15, 0.2) is 11.5 Å². The average molecular weight is 514 g/mol. The van der Waals surface area contributed by atoms with Crippen molar-refractivity contribution in [2.45, 2.75) is 6.61 Å². The number of nitrogens with one attached hydrogen (secondary N) is 1. The van der Waals surface area contributed by atoms with Gasteiger partial charge in [0, 0.05) is 15.6 Å². The van der Waals surface area contributed by atoms with Crippen LogP contribution in [0.25, 0.3) is 0 Å². The van der Waals surface area contributed by atoms with Crippen molar-refractivity contribution in [3.8, 4) is 11.5 Å². The Kier molecular flexibility index (Phi) is 7.55. The molecule has 1 heterocycles. The average Bonchev–Trinajstić information content (AvgIpc) is 3.23. The number of benzene rings is 2. The molecular formula is C20H15BrCl2N2O3S. The van der Waals surface area contributed by atoms with Crippen molar-refractivity contribution in [3.63, 3.8) is 0 Å². The quantitative estimate of drug-likeness (QED) is 0.303. The summed E-state index contributed by atoms with van der Waals surface area (Å²) in [6, 6.07) is 12.3. The van der Waals surface area contributed by atoms with Crippen LogP contribution in [0.2, 0.25) is 10.0 Å². The molecule has 3 rings (SSSR count). The molecule has 5 nitrogen and oxygen atoms in total. The summed E-state index contributed by atoms with van der Waals surface area (Å²) in [5.74, 6) is 0.774. The van der Waals surface area contributed by atoms with Crippen molar-refractivity contribution < 1.29 is 14.3 Å². The Morgan fingerprint density at radius 1 is 1.28 bits per heavy atom. The van der Waals surface area contributed by atoms with Gasteiger partial charge in [-0.3, -0.25) is 4.79 Å². The van der Waals surface area contributed by atoms with Crippen LogP contribution in [0.5, 0.6) is 11.5 Å². The normalized spacial score (nSPS) is 10.9. The second-order valence-electron chi connectivity index (χ2n) is 5.73. The zero-order valence-corrected chi connectivity index (χ0v) is 19.0. The fraction of sp³-hybridized carbons (Fsp3) is 0.100. The lowest BCUT2D eigenvalue weighted by Crippen LogP contribution is -2.16. The van der Waals surface area contributed by atoms with Crippen molar-refractivity contribution in [1.29, 1.82) is 0 Å². The van der Waals surface area contributed by atoms with Gasteiger partial charge < -0.3 is 9.47 Å². The molecule has 0 unspecified atom stereocenters. The number of hydrogen-bond acceptors (Lipinski definition) is 5. The van der Waals surface area contributed by atoms with Gasteiger partial charge in [0.2, 0.25) is 0 Å². The Hall–Kier alpha value is -2.06. The fourth-order valence-corrected chi connectivity index (χ4v) is 4.02. The van der Waals surface area contributed by atoms with Gasteiger partial charge in [-0.05, 0) is 57.2 Å². The summed E-state index contributed by atoms with van der Waals surface area (Å²) in [5.41, 5.74) is 4.01. The van der Waals surface area contributed by atoms with Crippen LogP contribution < -0.4 is 14.9 Å². The van der Waals surface area contributed by atoms with E-state index in [2.05, 4.69) is 26.5 Å². The monoisotopic (exact) mass is 512 g/mol. The molecule has 1 aromatic heterocycles. The summed E-state index contributed by atoms with van der Waals surface area (Å²) in [5, 5.41) is 6.91. The number of carbonyl (C=O) groups excluding carboxylic acids is 1. The molecule has 0 saturated heterocycles. The van der Waals surface area contributed by atoms with E-state index in [0.717, 1.165) is 11.1 Å². The highest BCUT2D eigenvalue weighted by Gasteiger charge is 2.13. The highest BCUT2D eigenvalue weighted by atomic mass is 79.9. The molecule has 0 saturated carbocycles. The predicted molar refractivity (Wildman–Crippen MR) is 121 cm³/mol. The number of methoxy groups -OCH3 is 1. The number of amides is 1. The third kappa shape index (κ3) is 5.73. The molecule has 0 aliphatic heterocycles. The molecule has 0 aliphatic rings. The van der Waals surface area contributed by atoms with E-state index in [1.54, 1.807) is 37.4 Å². The lowest BCUT2D eigenvalue weighted by atomic mass is 10.2. The Morgan fingerprint density at radius 3 is 2.79 bits per heavy atom. The Bertz CT molecular complexity index is 1040. The zero-order chi connectivity index (χ0) is 20.8. The largest absolute Gasteiger partial charge is 0.493 e. The van der Waals surface area contributed by atoms with Gasteiger partial charge in [-0.1, -0.05) is 35.3 Å². The van der Waals surface area contributed by atoms with Crippen LogP contribution in [0.4, 0.5) is 0 Å². The number of ether oxygens (including phenoxy) is 2.